The highest BCUT2D eigenvalue weighted by molar-refractivity contribution is 5.84. The van der Waals surface area contributed by atoms with Crippen molar-refractivity contribution in [2.45, 2.75) is 13.3 Å². The summed E-state index contributed by atoms with van der Waals surface area (Å²) in [7, 11) is 1.87. The van der Waals surface area contributed by atoms with Gasteiger partial charge in [-0.2, -0.15) is 5.10 Å². The Bertz CT molecular complexity index is 846. The Hall–Kier alpha value is -2.56. The van der Waals surface area contributed by atoms with E-state index < -0.39 is 0 Å². The van der Waals surface area contributed by atoms with Crippen LogP contribution in [0.4, 0.5) is 0 Å². The number of fused-ring (bicyclic) bond motifs is 1. The first-order chi connectivity index (χ1) is 9.60. The van der Waals surface area contributed by atoms with Crippen LogP contribution in [0.25, 0.3) is 22.2 Å². The lowest BCUT2D eigenvalue weighted by atomic mass is 10.0. The predicted molar refractivity (Wildman–Crippen MR) is 77.8 cm³/mol. The summed E-state index contributed by atoms with van der Waals surface area (Å²) in [5.74, 6) is 0.0383. The van der Waals surface area contributed by atoms with Crippen LogP contribution < -0.4 is 5.56 Å². The lowest BCUT2D eigenvalue weighted by Crippen LogP contribution is -2.08. The minimum absolute atomic E-state index is 0.0383. The lowest BCUT2D eigenvalue weighted by Gasteiger charge is -2.10. The zero-order valence-electron chi connectivity index (χ0n) is 11.3. The normalized spacial score (nSPS) is 11.1. The SMILES string of the molecule is CCc1c(O)cc(=O)[nH]c1-c1ccc2cnn(C)c2c1. The molecule has 0 spiro atoms. The summed E-state index contributed by atoms with van der Waals surface area (Å²) in [5, 5.41) is 15.2. The maximum atomic E-state index is 11.6. The molecule has 3 rings (SSSR count). The highest BCUT2D eigenvalue weighted by Gasteiger charge is 2.11. The molecule has 0 aliphatic rings. The molecule has 0 aliphatic carbocycles. The second-order valence-electron chi connectivity index (χ2n) is 4.77. The van der Waals surface area contributed by atoms with E-state index in [0.717, 1.165) is 22.0 Å². The molecule has 0 aliphatic heterocycles. The van der Waals surface area contributed by atoms with Gasteiger partial charge < -0.3 is 10.1 Å². The van der Waals surface area contributed by atoms with E-state index in [9.17, 15) is 9.90 Å². The van der Waals surface area contributed by atoms with Crippen molar-refractivity contribution in [1.29, 1.82) is 0 Å². The highest BCUT2D eigenvalue weighted by atomic mass is 16.3. The molecule has 0 saturated heterocycles. The minimum atomic E-state index is -0.306. The van der Waals surface area contributed by atoms with Crippen LogP contribution in [0.15, 0.2) is 35.3 Å². The third-order valence-corrected chi connectivity index (χ3v) is 3.52. The number of nitrogens with zero attached hydrogens (tertiary/aromatic N) is 2. The van der Waals surface area contributed by atoms with Crippen LogP contribution in [0, 0.1) is 0 Å². The molecule has 0 unspecified atom stereocenters. The first-order valence-corrected chi connectivity index (χ1v) is 6.47. The Kier molecular flexibility index (Phi) is 2.82. The number of aromatic nitrogens is 3. The Morgan fingerprint density at radius 3 is 2.90 bits per heavy atom. The number of aryl methyl sites for hydroxylation is 1. The summed E-state index contributed by atoms with van der Waals surface area (Å²) in [6, 6.07) is 7.06. The Labute approximate surface area is 115 Å². The van der Waals surface area contributed by atoms with Gasteiger partial charge in [-0.05, 0) is 12.5 Å². The van der Waals surface area contributed by atoms with Gasteiger partial charge in [-0.25, -0.2) is 0 Å². The molecule has 5 nitrogen and oxygen atoms in total. The number of hydrogen-bond donors (Lipinski definition) is 2. The van der Waals surface area contributed by atoms with Gasteiger partial charge in [0.25, 0.3) is 5.56 Å². The number of pyridine rings is 1. The van der Waals surface area contributed by atoms with E-state index in [0.29, 0.717) is 12.1 Å². The number of H-pyrrole nitrogens is 1. The largest absolute Gasteiger partial charge is 0.507 e. The van der Waals surface area contributed by atoms with Gasteiger partial charge in [0.15, 0.2) is 0 Å². The molecule has 0 bridgehead atoms. The fourth-order valence-electron chi connectivity index (χ4n) is 2.48. The van der Waals surface area contributed by atoms with Crippen molar-refractivity contribution in [2.75, 3.05) is 0 Å². The zero-order chi connectivity index (χ0) is 14.3. The number of nitrogens with one attached hydrogen (secondary N) is 1. The molecule has 0 radical (unpaired) electrons. The van der Waals surface area contributed by atoms with E-state index in [1.807, 2.05) is 32.2 Å². The standard InChI is InChI=1S/C15H15N3O2/c1-3-11-13(19)7-14(20)17-15(11)9-4-5-10-8-16-18(2)12(10)6-9/h4-8H,3H2,1-2H3,(H2,17,19,20). The summed E-state index contributed by atoms with van der Waals surface area (Å²) in [6.07, 6.45) is 2.44. The number of aromatic hydroxyl groups is 1. The first-order valence-electron chi connectivity index (χ1n) is 6.47. The van der Waals surface area contributed by atoms with Crippen LogP contribution in [0.1, 0.15) is 12.5 Å². The lowest BCUT2D eigenvalue weighted by molar-refractivity contribution is 0.467. The number of aromatic amines is 1. The minimum Gasteiger partial charge on any atom is -0.507 e. The van der Waals surface area contributed by atoms with Crippen molar-refractivity contribution in [2.24, 2.45) is 7.05 Å². The van der Waals surface area contributed by atoms with Crippen molar-refractivity contribution in [1.82, 2.24) is 14.8 Å². The Morgan fingerprint density at radius 2 is 2.15 bits per heavy atom. The van der Waals surface area contributed by atoms with E-state index >= 15 is 0 Å². The monoisotopic (exact) mass is 269 g/mol. The Morgan fingerprint density at radius 1 is 1.35 bits per heavy atom. The van der Waals surface area contributed by atoms with E-state index in [1.54, 1.807) is 10.9 Å². The van der Waals surface area contributed by atoms with E-state index in [1.165, 1.54) is 6.07 Å². The maximum Gasteiger partial charge on any atom is 0.252 e. The van der Waals surface area contributed by atoms with E-state index in [2.05, 4.69) is 10.1 Å². The molecule has 5 heteroatoms. The van der Waals surface area contributed by atoms with Crippen LogP contribution in [0.3, 0.4) is 0 Å². The summed E-state index contributed by atoms with van der Waals surface area (Å²) >= 11 is 0. The van der Waals surface area contributed by atoms with Gasteiger partial charge in [0.1, 0.15) is 5.75 Å². The molecule has 2 heterocycles. The molecule has 102 valence electrons. The van der Waals surface area contributed by atoms with Crippen molar-refractivity contribution < 1.29 is 5.11 Å². The van der Waals surface area contributed by atoms with Crippen molar-refractivity contribution >= 4 is 10.9 Å². The average molecular weight is 269 g/mol. The van der Waals surface area contributed by atoms with Crippen LogP contribution in [0.5, 0.6) is 5.75 Å². The fourth-order valence-corrected chi connectivity index (χ4v) is 2.48. The van der Waals surface area contributed by atoms with Crippen molar-refractivity contribution in [3.8, 4) is 17.0 Å². The van der Waals surface area contributed by atoms with E-state index in [4.69, 9.17) is 0 Å². The fraction of sp³-hybridized carbons (Fsp3) is 0.200. The molecule has 1 aromatic carbocycles. The number of rotatable bonds is 2. The smallest absolute Gasteiger partial charge is 0.252 e. The summed E-state index contributed by atoms with van der Waals surface area (Å²) in [6.45, 7) is 1.94. The Balaban J connectivity index is 2.29. The molecule has 0 amide bonds. The van der Waals surface area contributed by atoms with Crippen molar-refractivity contribution in [3.63, 3.8) is 0 Å². The molecular formula is C15H15N3O2. The van der Waals surface area contributed by atoms with E-state index in [-0.39, 0.29) is 11.3 Å². The number of hydrogen-bond acceptors (Lipinski definition) is 3. The van der Waals surface area contributed by atoms with Gasteiger partial charge in [0, 0.05) is 29.6 Å². The van der Waals surface area contributed by atoms with Crippen LogP contribution in [0.2, 0.25) is 0 Å². The second-order valence-corrected chi connectivity index (χ2v) is 4.77. The van der Waals surface area contributed by atoms with Gasteiger partial charge in [0.2, 0.25) is 0 Å². The zero-order valence-corrected chi connectivity index (χ0v) is 11.3. The van der Waals surface area contributed by atoms with Gasteiger partial charge in [-0.15, -0.1) is 0 Å². The van der Waals surface area contributed by atoms with Crippen molar-refractivity contribution in [3.05, 3.63) is 46.4 Å². The topological polar surface area (TPSA) is 70.9 Å². The van der Waals surface area contributed by atoms with Gasteiger partial charge in [-0.3, -0.25) is 9.48 Å². The molecule has 0 saturated carbocycles. The van der Waals surface area contributed by atoms with Gasteiger partial charge >= 0.3 is 0 Å². The molecule has 3 aromatic rings. The molecule has 2 N–H and O–H groups in total. The first kappa shape index (κ1) is 12.5. The third-order valence-electron chi connectivity index (χ3n) is 3.52. The summed E-state index contributed by atoms with van der Waals surface area (Å²) < 4.78 is 1.78. The number of benzene rings is 1. The molecule has 2 aromatic heterocycles. The van der Waals surface area contributed by atoms with Gasteiger partial charge in [-0.1, -0.05) is 19.1 Å². The quantitative estimate of drug-likeness (QED) is 0.749. The highest BCUT2D eigenvalue weighted by Crippen LogP contribution is 2.29. The average Bonchev–Trinajstić information content (AvgIpc) is 2.79. The predicted octanol–water partition coefficient (Wildman–Crippen LogP) is 2.20. The van der Waals surface area contributed by atoms with Gasteiger partial charge in [0.05, 0.1) is 17.4 Å². The van der Waals surface area contributed by atoms with Crippen LogP contribution in [-0.4, -0.2) is 19.9 Å². The molecule has 0 fully saturated rings. The summed E-state index contributed by atoms with van der Waals surface area (Å²) in [4.78, 5) is 14.4. The third kappa shape index (κ3) is 1.87. The van der Waals surface area contributed by atoms with Crippen LogP contribution >= 0.6 is 0 Å². The second kappa shape index (κ2) is 4.52. The molecular weight excluding hydrogens is 254 g/mol. The molecule has 20 heavy (non-hydrogen) atoms. The summed E-state index contributed by atoms with van der Waals surface area (Å²) in [5.41, 5.74) is 2.95. The van der Waals surface area contributed by atoms with Crippen LogP contribution in [-0.2, 0) is 13.5 Å². The molecule has 0 atom stereocenters. The maximum absolute atomic E-state index is 11.6.